The Hall–Kier alpha value is -5.46. The monoisotopic (exact) mass is 530 g/mol. The van der Waals surface area contributed by atoms with E-state index in [0.717, 1.165) is 0 Å². The zero-order chi connectivity index (χ0) is 27.6. The second-order valence-corrected chi connectivity index (χ2v) is 11.3. The minimum Gasteiger partial charge on any atom is -0.0616 e. The van der Waals surface area contributed by atoms with Crippen LogP contribution in [-0.2, 0) is 0 Å². The Labute approximate surface area is 244 Å². The summed E-state index contributed by atoms with van der Waals surface area (Å²) in [6, 6.07) is 58.0. The largest absolute Gasteiger partial charge is 0.0616 e. The smallest absolute Gasteiger partial charge is 0.00206 e. The lowest BCUT2D eigenvalue weighted by Crippen LogP contribution is -1.87. The topological polar surface area (TPSA) is 0 Å². The van der Waals surface area contributed by atoms with Gasteiger partial charge >= 0.3 is 0 Å². The van der Waals surface area contributed by atoms with Crippen LogP contribution in [0.15, 0.2) is 158 Å². The molecule has 42 heavy (non-hydrogen) atoms. The van der Waals surface area contributed by atoms with Gasteiger partial charge in [0.05, 0.1) is 0 Å². The third kappa shape index (κ3) is 3.49. The molecule has 0 unspecified atom stereocenters. The van der Waals surface area contributed by atoms with E-state index in [1.807, 2.05) is 0 Å². The summed E-state index contributed by atoms with van der Waals surface area (Å²) in [4.78, 5) is 0. The van der Waals surface area contributed by atoms with Crippen molar-refractivity contribution in [3.8, 4) is 33.4 Å². The third-order valence-electron chi connectivity index (χ3n) is 9.02. The fraction of sp³-hybridized carbons (Fsp3) is 0. The predicted octanol–water partition coefficient (Wildman–Crippen LogP) is 11.9. The maximum absolute atomic E-state index is 2.33. The van der Waals surface area contributed by atoms with E-state index < -0.39 is 0 Å². The lowest BCUT2D eigenvalue weighted by molar-refractivity contribution is 1.60. The minimum absolute atomic E-state index is 1.23. The molecule has 9 rings (SSSR count). The second-order valence-electron chi connectivity index (χ2n) is 11.3. The molecule has 0 spiro atoms. The summed E-state index contributed by atoms with van der Waals surface area (Å²) >= 11 is 0. The maximum Gasteiger partial charge on any atom is -0.00206 e. The molecule has 0 aliphatic rings. The van der Waals surface area contributed by atoms with Gasteiger partial charge in [0.2, 0.25) is 0 Å². The van der Waals surface area contributed by atoms with Gasteiger partial charge in [0.1, 0.15) is 0 Å². The highest BCUT2D eigenvalue weighted by Gasteiger charge is 2.13. The van der Waals surface area contributed by atoms with E-state index in [9.17, 15) is 0 Å². The molecule has 0 aromatic heterocycles. The number of fused-ring (bicyclic) bond motifs is 3. The van der Waals surface area contributed by atoms with E-state index in [0.29, 0.717) is 0 Å². The molecule has 0 radical (unpaired) electrons. The van der Waals surface area contributed by atoms with Crippen LogP contribution in [0, 0.1) is 0 Å². The van der Waals surface area contributed by atoms with Crippen molar-refractivity contribution < 1.29 is 0 Å². The van der Waals surface area contributed by atoms with Gasteiger partial charge < -0.3 is 0 Å². The van der Waals surface area contributed by atoms with Gasteiger partial charge in [0, 0.05) is 0 Å². The number of rotatable bonds is 3. The molecule has 0 aliphatic carbocycles. The van der Waals surface area contributed by atoms with Crippen molar-refractivity contribution in [2.75, 3.05) is 0 Å². The molecule has 0 saturated heterocycles. The normalized spacial score (nSPS) is 11.8. The van der Waals surface area contributed by atoms with Gasteiger partial charge in [-0.2, -0.15) is 0 Å². The molecule has 0 N–H and O–H groups in total. The summed E-state index contributed by atoms with van der Waals surface area (Å²) < 4.78 is 0. The molecule has 0 atom stereocenters. The van der Waals surface area contributed by atoms with Crippen LogP contribution in [0.25, 0.3) is 87.2 Å². The summed E-state index contributed by atoms with van der Waals surface area (Å²) in [6.07, 6.45) is 0. The SMILES string of the molecule is c1ccc2c(c1)cc(-c1ccc(-c3ccc(-c4ccc5ccc6cccc7ccc4c5c67)cc3)cc1)c1ccccc12. The van der Waals surface area contributed by atoms with Crippen molar-refractivity contribution in [1.29, 1.82) is 0 Å². The van der Waals surface area contributed by atoms with Gasteiger partial charge in [0.25, 0.3) is 0 Å². The molecule has 9 aromatic rings. The molecule has 194 valence electrons. The molecule has 0 heteroatoms. The third-order valence-corrected chi connectivity index (χ3v) is 9.02. The van der Waals surface area contributed by atoms with Crippen LogP contribution in [-0.4, -0.2) is 0 Å². The average Bonchev–Trinajstić information content (AvgIpc) is 3.07. The first kappa shape index (κ1) is 23.3. The average molecular weight is 531 g/mol. The van der Waals surface area contributed by atoms with Crippen LogP contribution in [0.3, 0.4) is 0 Å². The first-order valence-electron chi connectivity index (χ1n) is 14.6. The van der Waals surface area contributed by atoms with Crippen LogP contribution in [0.4, 0.5) is 0 Å². The zero-order valence-corrected chi connectivity index (χ0v) is 23.0. The Balaban J connectivity index is 1.10. The van der Waals surface area contributed by atoms with E-state index in [1.54, 1.807) is 0 Å². The molecule has 0 nitrogen and oxygen atoms in total. The molecule has 9 aromatic carbocycles. The van der Waals surface area contributed by atoms with E-state index in [1.165, 1.54) is 87.2 Å². The number of hydrogen-bond acceptors (Lipinski definition) is 0. The summed E-state index contributed by atoms with van der Waals surface area (Å²) in [5.74, 6) is 0. The van der Waals surface area contributed by atoms with Crippen LogP contribution in [0.1, 0.15) is 0 Å². The fourth-order valence-corrected chi connectivity index (χ4v) is 6.96. The highest BCUT2D eigenvalue weighted by molar-refractivity contribution is 6.25. The fourth-order valence-electron chi connectivity index (χ4n) is 6.96. The van der Waals surface area contributed by atoms with Gasteiger partial charge in [-0.15, -0.1) is 0 Å². The van der Waals surface area contributed by atoms with E-state index in [-0.39, 0.29) is 0 Å². The first-order chi connectivity index (χ1) is 20.8. The minimum atomic E-state index is 1.23. The second kappa shape index (κ2) is 9.03. The van der Waals surface area contributed by atoms with Crippen molar-refractivity contribution >= 4 is 53.9 Å². The van der Waals surface area contributed by atoms with Crippen molar-refractivity contribution in [1.82, 2.24) is 0 Å². The Kier molecular flexibility index (Phi) is 5.00. The van der Waals surface area contributed by atoms with Crippen LogP contribution in [0.5, 0.6) is 0 Å². The summed E-state index contributed by atoms with van der Waals surface area (Å²) in [5.41, 5.74) is 7.50. The molecular formula is C42H26. The van der Waals surface area contributed by atoms with Gasteiger partial charge in [-0.3, -0.25) is 0 Å². The quantitative estimate of drug-likeness (QED) is 0.199. The zero-order valence-electron chi connectivity index (χ0n) is 23.0. The van der Waals surface area contributed by atoms with Gasteiger partial charge in [0.15, 0.2) is 0 Å². The van der Waals surface area contributed by atoms with Gasteiger partial charge in [-0.05, 0) is 93.3 Å². The molecule has 0 bridgehead atoms. The lowest BCUT2D eigenvalue weighted by atomic mass is 9.89. The van der Waals surface area contributed by atoms with Gasteiger partial charge in [-0.1, -0.05) is 152 Å². The summed E-state index contributed by atoms with van der Waals surface area (Å²) in [6.45, 7) is 0. The standard InChI is InChI=1S/C42H26/c1-2-9-35-34(6-1)26-40(38-11-4-3-10-37(35)38)30-18-14-28(15-19-30)27-12-16-29(17-13-27)36-24-22-33-21-20-31-7-5-8-32-23-25-39(36)42(33)41(31)32/h1-26H. The lowest BCUT2D eigenvalue weighted by Gasteiger charge is -2.14. The van der Waals surface area contributed by atoms with E-state index >= 15 is 0 Å². The van der Waals surface area contributed by atoms with Crippen molar-refractivity contribution in [2.45, 2.75) is 0 Å². The summed E-state index contributed by atoms with van der Waals surface area (Å²) in [5, 5.41) is 13.1. The number of benzene rings is 9. The Morgan fingerprint density at radius 3 is 1.45 bits per heavy atom. The van der Waals surface area contributed by atoms with Crippen molar-refractivity contribution in [2.24, 2.45) is 0 Å². The molecule has 0 saturated carbocycles. The highest BCUT2D eigenvalue weighted by atomic mass is 14.2. The van der Waals surface area contributed by atoms with E-state index in [4.69, 9.17) is 0 Å². The van der Waals surface area contributed by atoms with Crippen LogP contribution in [0.2, 0.25) is 0 Å². The Morgan fingerprint density at radius 1 is 0.238 bits per heavy atom. The summed E-state index contributed by atoms with van der Waals surface area (Å²) in [7, 11) is 0. The molecule has 0 heterocycles. The van der Waals surface area contributed by atoms with Crippen LogP contribution < -0.4 is 0 Å². The highest BCUT2D eigenvalue weighted by Crippen LogP contribution is 2.40. The molecule has 0 fully saturated rings. The van der Waals surface area contributed by atoms with Crippen molar-refractivity contribution in [3.63, 3.8) is 0 Å². The van der Waals surface area contributed by atoms with E-state index in [2.05, 4.69) is 158 Å². The number of hydrogen-bond donors (Lipinski definition) is 0. The van der Waals surface area contributed by atoms with Gasteiger partial charge in [-0.25, -0.2) is 0 Å². The Morgan fingerprint density at radius 2 is 0.738 bits per heavy atom. The Bertz CT molecular complexity index is 2410. The maximum atomic E-state index is 2.33. The predicted molar refractivity (Wildman–Crippen MR) is 181 cm³/mol. The molecule has 0 amide bonds. The first-order valence-corrected chi connectivity index (χ1v) is 14.6. The van der Waals surface area contributed by atoms with Crippen molar-refractivity contribution in [3.05, 3.63) is 158 Å². The molecular weight excluding hydrogens is 504 g/mol. The van der Waals surface area contributed by atoms with Crippen LogP contribution >= 0.6 is 0 Å². The molecule has 0 aliphatic heterocycles.